The van der Waals surface area contributed by atoms with E-state index in [0.29, 0.717) is 5.92 Å². The molecule has 1 aliphatic carbocycles. The zero-order valence-electron chi connectivity index (χ0n) is 6.19. The van der Waals surface area contributed by atoms with Crippen LogP contribution in [0.3, 0.4) is 0 Å². The second-order valence-electron chi connectivity index (χ2n) is 2.88. The summed E-state index contributed by atoms with van der Waals surface area (Å²) in [7, 11) is 0. The van der Waals surface area contributed by atoms with E-state index in [0.717, 1.165) is 5.76 Å². The number of hydrogen-bond donors (Lipinski definition) is 1. The summed E-state index contributed by atoms with van der Waals surface area (Å²) < 4.78 is 5.17. The van der Waals surface area contributed by atoms with E-state index in [1.807, 2.05) is 12.1 Å². The van der Waals surface area contributed by atoms with Gasteiger partial charge in [-0.25, -0.2) is 0 Å². The summed E-state index contributed by atoms with van der Waals surface area (Å²) in [5.41, 5.74) is 5.85. The summed E-state index contributed by atoms with van der Waals surface area (Å²) >= 11 is 0. The van der Waals surface area contributed by atoms with Crippen LogP contribution in [0.4, 0.5) is 0 Å². The monoisotopic (exact) mass is 173 g/mol. The highest BCUT2D eigenvalue weighted by Gasteiger charge is 2.30. The number of furan rings is 1. The standard InChI is InChI=1S/C8H11NO.ClH/c9-8(6-3-4-6)7-2-1-5-10-7;/h1-2,5-6,8H,3-4,9H2;1H/t8-;/m1./s1. The van der Waals surface area contributed by atoms with Crippen molar-refractivity contribution >= 4 is 12.4 Å². The molecule has 1 aromatic heterocycles. The quantitative estimate of drug-likeness (QED) is 0.744. The molecule has 2 N–H and O–H groups in total. The average molecular weight is 174 g/mol. The van der Waals surface area contributed by atoms with Gasteiger partial charge in [0.1, 0.15) is 5.76 Å². The smallest absolute Gasteiger partial charge is 0.120 e. The Morgan fingerprint density at radius 1 is 1.55 bits per heavy atom. The normalized spacial score (nSPS) is 19.0. The lowest BCUT2D eigenvalue weighted by Crippen LogP contribution is -2.10. The molecular formula is C8H12ClNO. The van der Waals surface area contributed by atoms with E-state index in [1.54, 1.807) is 6.26 Å². The highest BCUT2D eigenvalue weighted by Crippen LogP contribution is 2.39. The second kappa shape index (κ2) is 3.28. The van der Waals surface area contributed by atoms with E-state index in [1.165, 1.54) is 12.8 Å². The first-order valence-corrected chi connectivity index (χ1v) is 3.67. The van der Waals surface area contributed by atoms with Crippen molar-refractivity contribution in [3.8, 4) is 0 Å². The van der Waals surface area contributed by atoms with Crippen molar-refractivity contribution in [1.82, 2.24) is 0 Å². The van der Waals surface area contributed by atoms with Gasteiger partial charge >= 0.3 is 0 Å². The molecule has 11 heavy (non-hydrogen) atoms. The Bertz CT molecular complexity index is 206. The highest BCUT2D eigenvalue weighted by molar-refractivity contribution is 5.85. The molecule has 0 aliphatic heterocycles. The maximum absolute atomic E-state index is 5.85. The molecular weight excluding hydrogens is 162 g/mol. The number of hydrogen-bond acceptors (Lipinski definition) is 2. The highest BCUT2D eigenvalue weighted by atomic mass is 35.5. The molecule has 0 spiro atoms. The van der Waals surface area contributed by atoms with Crippen molar-refractivity contribution in [3.63, 3.8) is 0 Å². The van der Waals surface area contributed by atoms with Crippen molar-refractivity contribution in [2.75, 3.05) is 0 Å². The average Bonchev–Trinajstić information content (AvgIpc) is 2.65. The fraction of sp³-hybridized carbons (Fsp3) is 0.500. The van der Waals surface area contributed by atoms with E-state index < -0.39 is 0 Å². The number of halogens is 1. The zero-order chi connectivity index (χ0) is 6.97. The Labute approximate surface area is 72.2 Å². The van der Waals surface area contributed by atoms with Crippen LogP contribution in [0.15, 0.2) is 22.8 Å². The van der Waals surface area contributed by atoms with Gasteiger partial charge in [0.2, 0.25) is 0 Å². The number of nitrogens with two attached hydrogens (primary N) is 1. The van der Waals surface area contributed by atoms with Crippen LogP contribution in [-0.4, -0.2) is 0 Å². The first kappa shape index (κ1) is 8.62. The molecule has 2 nitrogen and oxygen atoms in total. The molecule has 1 aromatic rings. The summed E-state index contributed by atoms with van der Waals surface area (Å²) in [5, 5.41) is 0. The molecule has 0 saturated heterocycles. The van der Waals surface area contributed by atoms with Gasteiger partial charge in [0, 0.05) is 0 Å². The lowest BCUT2D eigenvalue weighted by molar-refractivity contribution is 0.443. The lowest BCUT2D eigenvalue weighted by Gasteiger charge is -2.04. The molecule has 1 aliphatic rings. The van der Waals surface area contributed by atoms with E-state index in [2.05, 4.69) is 0 Å². The van der Waals surface area contributed by atoms with Gasteiger partial charge in [-0.3, -0.25) is 0 Å². The molecule has 0 bridgehead atoms. The van der Waals surface area contributed by atoms with E-state index in [9.17, 15) is 0 Å². The van der Waals surface area contributed by atoms with Crippen molar-refractivity contribution < 1.29 is 4.42 Å². The molecule has 0 aromatic carbocycles. The lowest BCUT2D eigenvalue weighted by atomic mass is 10.1. The Balaban J connectivity index is 0.000000605. The van der Waals surface area contributed by atoms with Crippen LogP contribution in [0.1, 0.15) is 24.6 Å². The maximum Gasteiger partial charge on any atom is 0.120 e. The van der Waals surface area contributed by atoms with Crippen molar-refractivity contribution in [2.45, 2.75) is 18.9 Å². The Morgan fingerprint density at radius 3 is 2.73 bits per heavy atom. The predicted octanol–water partition coefficient (Wildman–Crippen LogP) is 2.11. The minimum absolute atomic E-state index is 0. The van der Waals surface area contributed by atoms with E-state index >= 15 is 0 Å². The predicted molar refractivity (Wildman–Crippen MR) is 45.6 cm³/mol. The van der Waals surface area contributed by atoms with Crippen LogP contribution in [-0.2, 0) is 0 Å². The Kier molecular flexibility index (Phi) is 2.58. The van der Waals surface area contributed by atoms with Crippen molar-refractivity contribution in [1.29, 1.82) is 0 Å². The van der Waals surface area contributed by atoms with Gasteiger partial charge in [0.15, 0.2) is 0 Å². The van der Waals surface area contributed by atoms with Gasteiger partial charge in [-0.2, -0.15) is 0 Å². The Morgan fingerprint density at radius 2 is 2.27 bits per heavy atom. The molecule has 1 fully saturated rings. The van der Waals surface area contributed by atoms with Gasteiger partial charge < -0.3 is 10.2 Å². The van der Waals surface area contributed by atoms with Crippen LogP contribution in [0.5, 0.6) is 0 Å². The molecule has 0 amide bonds. The summed E-state index contributed by atoms with van der Waals surface area (Å²) in [6.07, 6.45) is 4.21. The van der Waals surface area contributed by atoms with Crippen molar-refractivity contribution in [3.05, 3.63) is 24.2 Å². The fourth-order valence-corrected chi connectivity index (χ4v) is 1.17. The summed E-state index contributed by atoms with van der Waals surface area (Å²) in [5.74, 6) is 1.62. The largest absolute Gasteiger partial charge is 0.468 e. The second-order valence-corrected chi connectivity index (χ2v) is 2.88. The summed E-state index contributed by atoms with van der Waals surface area (Å²) in [4.78, 5) is 0. The van der Waals surface area contributed by atoms with E-state index in [4.69, 9.17) is 10.2 Å². The van der Waals surface area contributed by atoms with Gasteiger partial charge in [-0.1, -0.05) is 0 Å². The Hall–Kier alpha value is -0.470. The van der Waals surface area contributed by atoms with Gasteiger partial charge in [-0.15, -0.1) is 12.4 Å². The van der Waals surface area contributed by atoms with E-state index in [-0.39, 0.29) is 18.4 Å². The first-order chi connectivity index (χ1) is 4.88. The van der Waals surface area contributed by atoms with Gasteiger partial charge in [-0.05, 0) is 30.9 Å². The first-order valence-electron chi connectivity index (χ1n) is 3.67. The molecule has 3 heteroatoms. The molecule has 1 saturated carbocycles. The minimum atomic E-state index is 0. The fourth-order valence-electron chi connectivity index (χ4n) is 1.17. The van der Waals surface area contributed by atoms with Crippen LogP contribution in [0.25, 0.3) is 0 Å². The number of rotatable bonds is 2. The SMILES string of the molecule is Cl.N[C@@H](c1ccco1)C1CC1. The summed E-state index contributed by atoms with van der Waals surface area (Å²) in [6, 6.07) is 3.98. The molecule has 1 heterocycles. The van der Waals surface area contributed by atoms with Crippen LogP contribution in [0.2, 0.25) is 0 Å². The molecule has 2 rings (SSSR count). The van der Waals surface area contributed by atoms with Gasteiger partial charge in [0.05, 0.1) is 12.3 Å². The maximum atomic E-state index is 5.85. The van der Waals surface area contributed by atoms with Crippen LogP contribution in [0, 0.1) is 5.92 Å². The third kappa shape index (κ3) is 1.76. The summed E-state index contributed by atoms with van der Waals surface area (Å²) in [6.45, 7) is 0. The third-order valence-electron chi connectivity index (χ3n) is 2.00. The van der Waals surface area contributed by atoms with Crippen LogP contribution < -0.4 is 5.73 Å². The van der Waals surface area contributed by atoms with Crippen molar-refractivity contribution in [2.24, 2.45) is 11.7 Å². The molecule has 62 valence electrons. The minimum Gasteiger partial charge on any atom is -0.468 e. The molecule has 1 atom stereocenters. The zero-order valence-corrected chi connectivity index (χ0v) is 7.01. The van der Waals surface area contributed by atoms with Gasteiger partial charge in [0.25, 0.3) is 0 Å². The van der Waals surface area contributed by atoms with Crippen LogP contribution >= 0.6 is 12.4 Å². The molecule has 0 unspecified atom stereocenters. The topological polar surface area (TPSA) is 39.2 Å². The molecule has 0 radical (unpaired) electrons. The third-order valence-corrected chi connectivity index (χ3v) is 2.00.